The van der Waals surface area contributed by atoms with Gasteiger partial charge in [0.15, 0.2) is 0 Å². The Kier molecular flexibility index (Phi) is 3.00. The summed E-state index contributed by atoms with van der Waals surface area (Å²) in [5.41, 5.74) is 1.99. The van der Waals surface area contributed by atoms with E-state index in [1.54, 1.807) is 5.56 Å². The molecule has 5 unspecified atom stereocenters. The molecule has 98 valence electrons. The maximum atomic E-state index is 2.53. The molecule has 0 N–H and O–H groups in total. The second-order valence-corrected chi connectivity index (χ2v) is 7.16. The molecular weight excluding hydrogens is 216 g/mol. The molecule has 0 saturated heterocycles. The van der Waals surface area contributed by atoms with E-state index >= 15 is 0 Å². The summed E-state index contributed by atoms with van der Waals surface area (Å²) in [7, 11) is 0. The zero-order valence-corrected chi connectivity index (χ0v) is 12.0. The lowest BCUT2D eigenvalue weighted by atomic mass is 9.51. The molecule has 0 spiro atoms. The van der Waals surface area contributed by atoms with Crippen molar-refractivity contribution in [1.29, 1.82) is 0 Å². The highest BCUT2D eigenvalue weighted by Gasteiger charge is 2.48. The van der Waals surface area contributed by atoms with Crippen LogP contribution in [0.4, 0.5) is 0 Å². The second-order valence-electron chi connectivity index (χ2n) is 7.16. The fourth-order valence-electron chi connectivity index (χ4n) is 4.89. The van der Waals surface area contributed by atoms with E-state index in [4.69, 9.17) is 0 Å². The van der Waals surface area contributed by atoms with Gasteiger partial charge in [-0.25, -0.2) is 0 Å². The van der Waals surface area contributed by atoms with Gasteiger partial charge in [-0.15, -0.1) is 0 Å². The highest BCUT2D eigenvalue weighted by atomic mass is 14.5. The van der Waals surface area contributed by atoms with Gasteiger partial charge in [0.05, 0.1) is 0 Å². The lowest BCUT2D eigenvalue weighted by Crippen LogP contribution is -2.47. The Morgan fingerprint density at radius 3 is 2.39 bits per heavy atom. The van der Waals surface area contributed by atoms with Gasteiger partial charge in [-0.1, -0.05) is 51.1 Å². The van der Waals surface area contributed by atoms with Crippen LogP contribution in [0, 0.1) is 23.7 Å². The molecule has 0 aromatic heterocycles. The average molecular weight is 242 g/mol. The molecule has 0 nitrogen and oxygen atoms in total. The maximum Gasteiger partial charge on any atom is -0.00211 e. The van der Waals surface area contributed by atoms with Gasteiger partial charge >= 0.3 is 0 Å². The number of hydrogen-bond acceptors (Lipinski definition) is 0. The van der Waals surface area contributed by atoms with Gasteiger partial charge in [0, 0.05) is 0 Å². The van der Waals surface area contributed by atoms with E-state index in [1.165, 1.54) is 25.7 Å². The van der Waals surface area contributed by atoms with Crippen LogP contribution >= 0.6 is 0 Å². The zero-order chi connectivity index (χ0) is 12.8. The Hall–Kier alpha value is -0.780. The highest BCUT2D eigenvalue weighted by molar-refractivity contribution is 5.28. The highest BCUT2D eigenvalue weighted by Crippen LogP contribution is 2.55. The molecule has 2 aliphatic rings. The first kappa shape index (κ1) is 12.3. The van der Waals surface area contributed by atoms with Crippen LogP contribution in [0.1, 0.15) is 52.0 Å². The van der Waals surface area contributed by atoms with Crippen molar-refractivity contribution in [2.75, 3.05) is 0 Å². The first-order valence-corrected chi connectivity index (χ1v) is 7.66. The molecule has 18 heavy (non-hydrogen) atoms. The van der Waals surface area contributed by atoms with Gasteiger partial charge in [-0.3, -0.25) is 0 Å². The summed E-state index contributed by atoms with van der Waals surface area (Å²) in [4.78, 5) is 0. The van der Waals surface area contributed by atoms with Crippen LogP contribution in [-0.2, 0) is 5.41 Å². The smallest absolute Gasteiger partial charge is 0.00211 e. The number of fused-ring (bicyclic) bond motifs is 2. The van der Waals surface area contributed by atoms with Crippen molar-refractivity contribution in [2.24, 2.45) is 23.7 Å². The molecule has 2 bridgehead atoms. The van der Waals surface area contributed by atoms with E-state index in [-0.39, 0.29) is 0 Å². The van der Waals surface area contributed by atoms with E-state index in [1.807, 2.05) is 0 Å². The summed E-state index contributed by atoms with van der Waals surface area (Å²) in [6.45, 7) is 7.48. The normalized spacial score (nSPS) is 43.7. The van der Waals surface area contributed by atoms with Crippen molar-refractivity contribution in [2.45, 2.75) is 51.9 Å². The number of rotatable bonds is 1. The molecule has 5 atom stereocenters. The summed E-state index contributed by atoms with van der Waals surface area (Å²) in [6.07, 6.45) is 5.82. The van der Waals surface area contributed by atoms with Crippen molar-refractivity contribution < 1.29 is 0 Å². The van der Waals surface area contributed by atoms with Crippen molar-refractivity contribution in [3.05, 3.63) is 35.9 Å². The van der Waals surface area contributed by atoms with Gasteiger partial charge in [-0.2, -0.15) is 0 Å². The Morgan fingerprint density at radius 2 is 1.67 bits per heavy atom. The Bertz CT molecular complexity index is 403. The number of hydrogen-bond donors (Lipinski definition) is 0. The molecule has 3 rings (SSSR count). The van der Waals surface area contributed by atoms with Gasteiger partial charge < -0.3 is 0 Å². The van der Waals surface area contributed by atoms with Crippen LogP contribution in [0.3, 0.4) is 0 Å². The first-order valence-electron chi connectivity index (χ1n) is 7.66. The molecule has 2 fully saturated rings. The van der Waals surface area contributed by atoms with Crippen LogP contribution in [-0.4, -0.2) is 0 Å². The molecule has 2 saturated carbocycles. The molecular formula is C18H26. The monoisotopic (exact) mass is 242 g/mol. The van der Waals surface area contributed by atoms with E-state index in [0.717, 1.165) is 23.7 Å². The minimum atomic E-state index is 0.409. The predicted octanol–water partition coefficient (Wildman–Crippen LogP) is 5.04. The topological polar surface area (TPSA) is 0 Å². The van der Waals surface area contributed by atoms with Crippen molar-refractivity contribution in [1.82, 2.24) is 0 Å². The lowest BCUT2D eigenvalue weighted by molar-refractivity contribution is 0.0277. The third kappa shape index (κ3) is 1.81. The molecule has 0 amide bonds. The Balaban J connectivity index is 1.98. The Labute approximate surface area is 112 Å². The van der Waals surface area contributed by atoms with Gasteiger partial charge in [-0.05, 0) is 60.3 Å². The summed E-state index contributed by atoms with van der Waals surface area (Å²) in [5.74, 6) is 3.67. The lowest BCUT2D eigenvalue weighted by Gasteiger charge is -2.53. The molecule has 1 aromatic rings. The van der Waals surface area contributed by atoms with Crippen molar-refractivity contribution in [3.8, 4) is 0 Å². The summed E-state index contributed by atoms with van der Waals surface area (Å²) < 4.78 is 0. The van der Waals surface area contributed by atoms with Gasteiger partial charge in [0.25, 0.3) is 0 Å². The molecule has 0 heteroatoms. The van der Waals surface area contributed by atoms with Gasteiger partial charge in [0.1, 0.15) is 0 Å². The van der Waals surface area contributed by atoms with Crippen LogP contribution in [0.2, 0.25) is 0 Å². The third-order valence-corrected chi connectivity index (χ3v) is 5.99. The third-order valence-electron chi connectivity index (χ3n) is 5.99. The SMILES string of the molecule is CC1CC2CC(C)C(C)(c3ccccc3)C(C1)C2. The largest absolute Gasteiger partial charge is 0.0625 e. The quantitative estimate of drug-likeness (QED) is 0.647. The van der Waals surface area contributed by atoms with Crippen molar-refractivity contribution in [3.63, 3.8) is 0 Å². The molecule has 0 aliphatic heterocycles. The summed E-state index contributed by atoms with van der Waals surface area (Å²) in [6, 6.07) is 11.3. The Morgan fingerprint density at radius 1 is 0.944 bits per heavy atom. The number of benzene rings is 1. The summed E-state index contributed by atoms with van der Waals surface area (Å²) >= 11 is 0. The van der Waals surface area contributed by atoms with Crippen LogP contribution in [0.15, 0.2) is 30.3 Å². The summed E-state index contributed by atoms with van der Waals surface area (Å²) in [5, 5.41) is 0. The fourth-order valence-corrected chi connectivity index (χ4v) is 4.89. The molecule has 0 heterocycles. The fraction of sp³-hybridized carbons (Fsp3) is 0.667. The second kappa shape index (κ2) is 4.40. The van der Waals surface area contributed by atoms with Gasteiger partial charge in [0.2, 0.25) is 0 Å². The van der Waals surface area contributed by atoms with E-state index in [9.17, 15) is 0 Å². The minimum Gasteiger partial charge on any atom is -0.0625 e. The average Bonchev–Trinajstić information content (AvgIpc) is 2.36. The first-order chi connectivity index (χ1) is 8.60. The van der Waals surface area contributed by atoms with E-state index in [0.29, 0.717) is 5.41 Å². The standard InChI is InChI=1S/C18H26/c1-13-9-15-11-14(2)18(3,17(10-13)12-15)16-7-5-4-6-8-16/h4-8,13-15,17H,9-12H2,1-3H3. The zero-order valence-electron chi connectivity index (χ0n) is 12.0. The van der Waals surface area contributed by atoms with Crippen LogP contribution in [0.25, 0.3) is 0 Å². The predicted molar refractivity (Wildman–Crippen MR) is 77.6 cm³/mol. The molecule has 1 aromatic carbocycles. The molecule has 2 aliphatic carbocycles. The van der Waals surface area contributed by atoms with Crippen LogP contribution < -0.4 is 0 Å². The maximum absolute atomic E-state index is 2.53. The van der Waals surface area contributed by atoms with E-state index in [2.05, 4.69) is 51.1 Å². The molecule has 0 radical (unpaired) electrons. The van der Waals surface area contributed by atoms with Crippen LogP contribution in [0.5, 0.6) is 0 Å². The van der Waals surface area contributed by atoms with E-state index < -0.39 is 0 Å². The minimum absolute atomic E-state index is 0.409. The van der Waals surface area contributed by atoms with Crippen molar-refractivity contribution >= 4 is 0 Å².